The minimum absolute atomic E-state index is 0.0502. The van der Waals surface area contributed by atoms with Gasteiger partial charge in [-0.1, -0.05) is 65.0 Å². The minimum atomic E-state index is -0.966. The van der Waals surface area contributed by atoms with Crippen molar-refractivity contribution < 1.29 is 14.7 Å². The van der Waals surface area contributed by atoms with Crippen molar-refractivity contribution >= 4 is 12.0 Å². The van der Waals surface area contributed by atoms with Crippen molar-refractivity contribution in [3.05, 3.63) is 35.9 Å². The average Bonchev–Trinajstić information content (AvgIpc) is 3.14. The van der Waals surface area contributed by atoms with Crippen LogP contribution in [-0.4, -0.2) is 40.6 Å². The van der Waals surface area contributed by atoms with Crippen molar-refractivity contribution in [2.75, 3.05) is 6.54 Å². The molecular weight excluding hydrogens is 352 g/mol. The van der Waals surface area contributed by atoms with Crippen LogP contribution in [0.3, 0.4) is 0 Å². The molecule has 0 spiro atoms. The maximum absolute atomic E-state index is 13.8. The van der Waals surface area contributed by atoms with Gasteiger partial charge in [-0.05, 0) is 35.7 Å². The fourth-order valence-corrected chi connectivity index (χ4v) is 5.65. The molecule has 5 atom stereocenters. The van der Waals surface area contributed by atoms with Crippen LogP contribution in [0.25, 0.3) is 0 Å². The molecule has 3 rings (SSSR count). The van der Waals surface area contributed by atoms with E-state index in [1.165, 1.54) is 0 Å². The van der Waals surface area contributed by atoms with E-state index in [0.29, 0.717) is 12.5 Å². The van der Waals surface area contributed by atoms with Crippen molar-refractivity contribution in [1.82, 2.24) is 10.2 Å². The fraction of sp³-hybridized carbons (Fsp3) is 0.652. The number of amides is 2. The Morgan fingerprint density at radius 3 is 2.29 bits per heavy atom. The third-order valence-electron chi connectivity index (χ3n) is 6.60. The first-order valence-electron chi connectivity index (χ1n) is 10.5. The Balaban J connectivity index is 1.92. The Morgan fingerprint density at radius 1 is 1.11 bits per heavy atom. The van der Waals surface area contributed by atoms with E-state index in [9.17, 15) is 14.7 Å². The summed E-state index contributed by atoms with van der Waals surface area (Å²) in [5.74, 6) is 0.765. The van der Waals surface area contributed by atoms with E-state index < -0.39 is 6.09 Å². The topological polar surface area (TPSA) is 69.6 Å². The molecule has 2 fully saturated rings. The molecule has 1 aliphatic heterocycles. The smallest absolute Gasteiger partial charge is 0.404 e. The summed E-state index contributed by atoms with van der Waals surface area (Å²) in [6.45, 7) is 11.5. The second-order valence-electron chi connectivity index (χ2n) is 9.89. The molecule has 0 bridgehead atoms. The lowest BCUT2D eigenvalue weighted by molar-refractivity contribution is -0.137. The van der Waals surface area contributed by atoms with Gasteiger partial charge in [0.05, 0.1) is 5.92 Å². The summed E-state index contributed by atoms with van der Waals surface area (Å²) >= 11 is 0. The summed E-state index contributed by atoms with van der Waals surface area (Å²) in [6, 6.07) is 10.1. The van der Waals surface area contributed by atoms with Crippen LogP contribution in [0.15, 0.2) is 30.3 Å². The van der Waals surface area contributed by atoms with Crippen LogP contribution in [0.4, 0.5) is 4.79 Å². The number of nitrogens with one attached hydrogen (secondary N) is 1. The summed E-state index contributed by atoms with van der Waals surface area (Å²) in [5, 5.41) is 11.9. The second kappa shape index (κ2) is 7.76. The lowest BCUT2D eigenvalue weighted by Crippen LogP contribution is -2.48. The summed E-state index contributed by atoms with van der Waals surface area (Å²) in [5.41, 5.74) is 1.01. The van der Waals surface area contributed by atoms with Crippen molar-refractivity contribution in [2.24, 2.45) is 23.2 Å². The number of fused-ring (bicyclic) bond motifs is 1. The molecule has 2 amide bonds. The quantitative estimate of drug-likeness (QED) is 0.808. The highest BCUT2D eigenvalue weighted by Crippen LogP contribution is 2.49. The second-order valence-corrected chi connectivity index (χ2v) is 9.89. The molecule has 154 valence electrons. The molecule has 2 aliphatic rings. The maximum atomic E-state index is 13.8. The zero-order valence-electron chi connectivity index (χ0n) is 17.7. The fourth-order valence-electron chi connectivity index (χ4n) is 5.65. The summed E-state index contributed by atoms with van der Waals surface area (Å²) in [6.07, 6.45) is 0.869. The molecule has 1 heterocycles. The third-order valence-corrected chi connectivity index (χ3v) is 6.60. The Bertz CT molecular complexity index is 710. The molecule has 1 aliphatic carbocycles. The number of nitrogens with zero attached hydrogens (tertiary/aromatic N) is 1. The molecular formula is C23H34N2O3. The largest absolute Gasteiger partial charge is 0.465 e. The average molecular weight is 387 g/mol. The molecule has 1 aromatic rings. The van der Waals surface area contributed by atoms with E-state index in [4.69, 9.17) is 0 Å². The summed E-state index contributed by atoms with van der Waals surface area (Å²) in [4.78, 5) is 27.1. The van der Waals surface area contributed by atoms with Gasteiger partial charge >= 0.3 is 6.09 Å². The molecule has 1 saturated carbocycles. The number of carboxylic acid groups (broad SMARTS) is 1. The number of rotatable bonds is 4. The highest BCUT2D eigenvalue weighted by Gasteiger charge is 2.54. The highest BCUT2D eigenvalue weighted by molar-refractivity contribution is 5.85. The van der Waals surface area contributed by atoms with Crippen molar-refractivity contribution in [2.45, 2.75) is 65.5 Å². The predicted octanol–water partition coefficient (Wildman–Crippen LogP) is 4.35. The molecule has 5 nitrogen and oxygen atoms in total. The molecule has 2 unspecified atom stereocenters. The predicted molar refractivity (Wildman–Crippen MR) is 110 cm³/mol. The van der Waals surface area contributed by atoms with E-state index in [1.54, 1.807) is 0 Å². The van der Waals surface area contributed by atoms with Crippen LogP contribution in [0, 0.1) is 23.2 Å². The molecule has 1 aromatic carbocycles. The van der Waals surface area contributed by atoms with Crippen LogP contribution in [0.1, 0.15) is 58.9 Å². The monoisotopic (exact) mass is 386 g/mol. The van der Waals surface area contributed by atoms with Crippen molar-refractivity contribution in [1.29, 1.82) is 0 Å². The number of benzene rings is 1. The van der Waals surface area contributed by atoms with Gasteiger partial charge in [0.15, 0.2) is 0 Å². The Hall–Kier alpha value is -2.04. The third kappa shape index (κ3) is 3.89. The standard InChI is InChI=1S/C23H34N2O3/c1-14(2)19(15-9-7-6-8-10-15)21(26)25-13-17-16(20(25)23(3,4)5)11-12-18(17)24-22(27)28/h6-10,14,16-20,24H,11-13H2,1-5H3,(H,27,28)/t16-,17-,18-,19?,20?/m0/s1. The molecule has 0 aromatic heterocycles. The lowest BCUT2D eigenvalue weighted by Gasteiger charge is -2.40. The first kappa shape index (κ1) is 20.7. The zero-order valence-corrected chi connectivity index (χ0v) is 17.7. The minimum Gasteiger partial charge on any atom is -0.465 e. The number of hydrogen-bond donors (Lipinski definition) is 2. The van der Waals surface area contributed by atoms with E-state index in [1.807, 2.05) is 30.3 Å². The van der Waals surface area contributed by atoms with Gasteiger partial charge in [0, 0.05) is 24.5 Å². The zero-order chi connectivity index (χ0) is 20.6. The van der Waals surface area contributed by atoms with Gasteiger partial charge in [-0.2, -0.15) is 0 Å². The van der Waals surface area contributed by atoms with Crippen LogP contribution in [-0.2, 0) is 4.79 Å². The van der Waals surface area contributed by atoms with Crippen LogP contribution in [0.2, 0.25) is 0 Å². The Morgan fingerprint density at radius 2 is 1.75 bits per heavy atom. The van der Waals surface area contributed by atoms with E-state index >= 15 is 0 Å². The SMILES string of the molecule is CC(C)C(C(=O)N1C[C@@H]2[C@@H](NC(=O)O)CC[C@@H]2C1C(C)(C)C)c1ccccc1. The van der Waals surface area contributed by atoms with Gasteiger partial charge in [0.1, 0.15) is 0 Å². The number of carbonyl (C=O) groups excluding carboxylic acids is 1. The van der Waals surface area contributed by atoms with Crippen molar-refractivity contribution in [3.8, 4) is 0 Å². The maximum Gasteiger partial charge on any atom is 0.404 e. The molecule has 1 saturated heterocycles. The van der Waals surface area contributed by atoms with Gasteiger partial charge < -0.3 is 15.3 Å². The molecule has 0 radical (unpaired) electrons. The summed E-state index contributed by atoms with van der Waals surface area (Å²) < 4.78 is 0. The molecule has 5 heteroatoms. The summed E-state index contributed by atoms with van der Waals surface area (Å²) in [7, 11) is 0. The molecule has 28 heavy (non-hydrogen) atoms. The number of hydrogen-bond acceptors (Lipinski definition) is 2. The first-order chi connectivity index (χ1) is 13.1. The van der Waals surface area contributed by atoms with Crippen LogP contribution >= 0.6 is 0 Å². The van der Waals surface area contributed by atoms with E-state index in [2.05, 4.69) is 44.8 Å². The normalized spacial score (nSPS) is 28.3. The van der Waals surface area contributed by atoms with E-state index in [-0.39, 0.29) is 41.2 Å². The van der Waals surface area contributed by atoms with Gasteiger partial charge in [-0.3, -0.25) is 4.79 Å². The van der Waals surface area contributed by atoms with Gasteiger partial charge in [-0.25, -0.2) is 4.79 Å². The van der Waals surface area contributed by atoms with Crippen LogP contribution < -0.4 is 5.32 Å². The van der Waals surface area contributed by atoms with Gasteiger partial charge in [0.2, 0.25) is 5.91 Å². The van der Waals surface area contributed by atoms with Crippen LogP contribution in [0.5, 0.6) is 0 Å². The molecule has 2 N–H and O–H groups in total. The van der Waals surface area contributed by atoms with Crippen molar-refractivity contribution in [3.63, 3.8) is 0 Å². The number of likely N-dealkylation sites (tertiary alicyclic amines) is 1. The van der Waals surface area contributed by atoms with Gasteiger partial charge in [-0.15, -0.1) is 0 Å². The van der Waals surface area contributed by atoms with E-state index in [0.717, 1.165) is 18.4 Å². The van der Waals surface area contributed by atoms with Gasteiger partial charge in [0.25, 0.3) is 0 Å². The highest BCUT2D eigenvalue weighted by atomic mass is 16.4. The Kier molecular flexibility index (Phi) is 5.74. The Labute approximate surface area is 168 Å². The lowest BCUT2D eigenvalue weighted by atomic mass is 9.76. The first-order valence-corrected chi connectivity index (χ1v) is 10.5. The number of carbonyl (C=O) groups is 2.